The minimum atomic E-state index is -0.0490. The molecule has 4 rings (SSSR count). The highest BCUT2D eigenvalue weighted by Crippen LogP contribution is 2.32. The van der Waals surface area contributed by atoms with Crippen LogP contribution in [0.1, 0.15) is 34.9 Å². The smallest absolute Gasteiger partial charge is 0.257 e. The van der Waals surface area contributed by atoms with Crippen molar-refractivity contribution >= 4 is 11.6 Å². The first-order valence-electron chi connectivity index (χ1n) is 8.79. The highest BCUT2D eigenvalue weighted by atomic mass is 16.5. The van der Waals surface area contributed by atoms with Crippen LogP contribution in [-0.2, 0) is 4.79 Å². The molecule has 1 saturated heterocycles. The molecule has 0 bridgehead atoms. The van der Waals surface area contributed by atoms with Crippen molar-refractivity contribution in [1.29, 1.82) is 0 Å². The van der Waals surface area contributed by atoms with Crippen molar-refractivity contribution in [3.63, 3.8) is 0 Å². The molecule has 132 valence electrons. The van der Waals surface area contributed by atoms with Gasteiger partial charge in [0.15, 0.2) is 5.82 Å². The maximum absolute atomic E-state index is 12.5. The van der Waals surface area contributed by atoms with E-state index in [1.807, 2.05) is 54.3 Å². The first kappa shape index (κ1) is 16.5. The molecule has 0 radical (unpaired) electrons. The van der Waals surface area contributed by atoms with Crippen LogP contribution in [-0.4, -0.2) is 22.6 Å². The van der Waals surface area contributed by atoms with Crippen LogP contribution in [0.4, 0.5) is 5.69 Å². The fourth-order valence-electron chi connectivity index (χ4n) is 3.32. The molecule has 5 heteroatoms. The molecule has 1 aromatic heterocycles. The Labute approximate surface area is 152 Å². The highest BCUT2D eigenvalue weighted by molar-refractivity contribution is 5.96. The van der Waals surface area contributed by atoms with E-state index in [2.05, 4.69) is 24.0 Å². The van der Waals surface area contributed by atoms with Gasteiger partial charge in [-0.05, 0) is 61.7 Å². The number of anilines is 1. The second-order valence-electron chi connectivity index (χ2n) is 7.00. The van der Waals surface area contributed by atoms with Crippen LogP contribution in [0, 0.1) is 20.8 Å². The first-order valence-corrected chi connectivity index (χ1v) is 8.79. The van der Waals surface area contributed by atoms with E-state index in [0.29, 0.717) is 24.7 Å². The summed E-state index contributed by atoms with van der Waals surface area (Å²) in [7, 11) is 0. The van der Waals surface area contributed by atoms with Gasteiger partial charge in [0.05, 0.1) is 0 Å². The molecule has 2 heterocycles. The summed E-state index contributed by atoms with van der Waals surface area (Å²) in [5.41, 5.74) is 5.38. The van der Waals surface area contributed by atoms with Crippen LogP contribution in [0.25, 0.3) is 11.5 Å². The number of nitrogens with zero attached hydrogens (tertiary/aromatic N) is 3. The van der Waals surface area contributed by atoms with Crippen LogP contribution in [0.3, 0.4) is 0 Å². The van der Waals surface area contributed by atoms with Gasteiger partial charge < -0.3 is 9.42 Å². The Kier molecular flexibility index (Phi) is 4.07. The monoisotopic (exact) mass is 347 g/mol. The molecule has 1 unspecified atom stereocenters. The van der Waals surface area contributed by atoms with Crippen LogP contribution in [0.2, 0.25) is 0 Å². The molecule has 5 nitrogen and oxygen atoms in total. The molecule has 3 aromatic rings. The molecule has 1 fully saturated rings. The van der Waals surface area contributed by atoms with Crippen molar-refractivity contribution in [2.75, 3.05) is 11.4 Å². The Bertz CT molecular complexity index is 977. The highest BCUT2D eigenvalue weighted by Gasteiger charge is 2.34. The summed E-state index contributed by atoms with van der Waals surface area (Å²) >= 11 is 0. The second kappa shape index (κ2) is 6.41. The lowest BCUT2D eigenvalue weighted by molar-refractivity contribution is -0.117. The third-order valence-electron chi connectivity index (χ3n) is 5.00. The third-order valence-corrected chi connectivity index (χ3v) is 5.00. The molecule has 26 heavy (non-hydrogen) atoms. The average molecular weight is 347 g/mol. The molecule has 1 aliphatic rings. The van der Waals surface area contributed by atoms with E-state index in [1.165, 1.54) is 11.1 Å². The van der Waals surface area contributed by atoms with E-state index >= 15 is 0 Å². The molecular weight excluding hydrogens is 326 g/mol. The summed E-state index contributed by atoms with van der Waals surface area (Å²) < 4.78 is 5.46. The van der Waals surface area contributed by atoms with Gasteiger partial charge in [-0.25, -0.2) is 0 Å². The largest absolute Gasteiger partial charge is 0.334 e. The summed E-state index contributed by atoms with van der Waals surface area (Å²) in [6.45, 7) is 6.73. The van der Waals surface area contributed by atoms with E-state index in [4.69, 9.17) is 4.52 Å². The Hall–Kier alpha value is -2.95. The summed E-state index contributed by atoms with van der Waals surface area (Å²) in [6.07, 6.45) is 0.403. The van der Waals surface area contributed by atoms with Crippen molar-refractivity contribution in [3.8, 4) is 11.5 Å². The zero-order valence-corrected chi connectivity index (χ0v) is 15.2. The lowest BCUT2D eigenvalue weighted by atomic mass is 10.1. The molecule has 2 aromatic carbocycles. The van der Waals surface area contributed by atoms with E-state index in [9.17, 15) is 4.79 Å². The lowest BCUT2D eigenvalue weighted by Crippen LogP contribution is -2.24. The summed E-state index contributed by atoms with van der Waals surface area (Å²) in [6, 6.07) is 14.1. The molecule has 0 spiro atoms. The fourth-order valence-corrected chi connectivity index (χ4v) is 3.32. The topological polar surface area (TPSA) is 59.2 Å². The number of carbonyl (C=O) groups excluding carboxylic acids is 1. The zero-order valence-electron chi connectivity index (χ0n) is 15.2. The van der Waals surface area contributed by atoms with Gasteiger partial charge in [-0.15, -0.1) is 0 Å². The number of hydrogen-bond donors (Lipinski definition) is 0. The molecule has 1 amide bonds. The Morgan fingerprint density at radius 3 is 2.69 bits per heavy atom. The summed E-state index contributed by atoms with van der Waals surface area (Å²) in [5.74, 6) is 1.15. The molecule has 1 atom stereocenters. The number of benzene rings is 2. The van der Waals surface area contributed by atoms with Gasteiger partial charge in [-0.1, -0.05) is 23.4 Å². The van der Waals surface area contributed by atoms with E-state index in [-0.39, 0.29) is 11.8 Å². The van der Waals surface area contributed by atoms with Crippen molar-refractivity contribution < 1.29 is 9.32 Å². The van der Waals surface area contributed by atoms with Crippen molar-refractivity contribution in [2.24, 2.45) is 0 Å². The number of hydrogen-bond acceptors (Lipinski definition) is 4. The normalized spacial score (nSPS) is 17.1. The maximum atomic E-state index is 12.5. The van der Waals surface area contributed by atoms with Gasteiger partial charge in [0, 0.05) is 30.1 Å². The number of aryl methyl sites for hydroxylation is 3. The van der Waals surface area contributed by atoms with Crippen molar-refractivity contribution in [2.45, 2.75) is 33.1 Å². The van der Waals surface area contributed by atoms with E-state index in [1.54, 1.807) is 0 Å². The fraction of sp³-hybridized carbons (Fsp3) is 0.286. The quantitative estimate of drug-likeness (QED) is 0.713. The predicted molar refractivity (Wildman–Crippen MR) is 100 cm³/mol. The minimum absolute atomic E-state index is 0.0490. The SMILES string of the molecule is Cc1cccc(N2CC(c3noc(-c4ccc(C)c(C)c4)n3)CC2=O)c1. The average Bonchev–Trinajstić information content (AvgIpc) is 3.24. The number of rotatable bonds is 3. The van der Waals surface area contributed by atoms with E-state index in [0.717, 1.165) is 16.8 Å². The van der Waals surface area contributed by atoms with Gasteiger partial charge in [0.1, 0.15) is 0 Å². The standard InChI is InChI=1S/C21H21N3O2/c1-13-5-4-6-18(9-13)24-12-17(11-19(24)25)20-22-21(26-23-20)16-8-7-14(2)15(3)10-16/h4-10,17H,11-12H2,1-3H3. The minimum Gasteiger partial charge on any atom is -0.334 e. The third kappa shape index (κ3) is 3.01. The molecule has 0 aliphatic carbocycles. The molecule has 0 saturated carbocycles. The summed E-state index contributed by atoms with van der Waals surface area (Å²) in [5, 5.41) is 4.14. The van der Waals surface area contributed by atoms with Crippen LogP contribution < -0.4 is 4.90 Å². The second-order valence-corrected chi connectivity index (χ2v) is 7.00. The zero-order chi connectivity index (χ0) is 18.3. The van der Waals surface area contributed by atoms with E-state index < -0.39 is 0 Å². The Morgan fingerprint density at radius 1 is 1.08 bits per heavy atom. The Morgan fingerprint density at radius 2 is 1.92 bits per heavy atom. The maximum Gasteiger partial charge on any atom is 0.257 e. The van der Waals surface area contributed by atoms with Gasteiger partial charge in [0.25, 0.3) is 5.89 Å². The number of carbonyl (C=O) groups is 1. The van der Waals surface area contributed by atoms with Crippen molar-refractivity contribution in [3.05, 3.63) is 65.0 Å². The van der Waals surface area contributed by atoms with Gasteiger partial charge >= 0.3 is 0 Å². The first-order chi connectivity index (χ1) is 12.5. The number of aromatic nitrogens is 2. The number of amides is 1. The van der Waals surface area contributed by atoms with Crippen LogP contribution >= 0.6 is 0 Å². The molecular formula is C21H21N3O2. The molecule has 0 N–H and O–H groups in total. The van der Waals surface area contributed by atoms with Gasteiger partial charge in [0.2, 0.25) is 5.91 Å². The van der Waals surface area contributed by atoms with Gasteiger partial charge in [-0.2, -0.15) is 4.98 Å². The Balaban J connectivity index is 1.57. The van der Waals surface area contributed by atoms with Crippen LogP contribution in [0.15, 0.2) is 47.0 Å². The predicted octanol–water partition coefficient (Wildman–Crippen LogP) is 4.18. The van der Waals surface area contributed by atoms with Gasteiger partial charge in [-0.3, -0.25) is 4.79 Å². The molecule has 1 aliphatic heterocycles. The summed E-state index contributed by atoms with van der Waals surface area (Å²) in [4.78, 5) is 18.8. The lowest BCUT2D eigenvalue weighted by Gasteiger charge is -2.16. The van der Waals surface area contributed by atoms with Crippen molar-refractivity contribution in [1.82, 2.24) is 10.1 Å². The van der Waals surface area contributed by atoms with Crippen LogP contribution in [0.5, 0.6) is 0 Å².